The number of carbonyl (C=O) groups is 2. The third-order valence-corrected chi connectivity index (χ3v) is 3.77. The van der Waals surface area contributed by atoms with Crippen LogP contribution in [-0.2, 0) is 21.1 Å². The van der Waals surface area contributed by atoms with Gasteiger partial charge >= 0.3 is 11.9 Å². The van der Waals surface area contributed by atoms with Crippen molar-refractivity contribution in [3.05, 3.63) is 0 Å². The van der Waals surface area contributed by atoms with Crippen LogP contribution in [0.2, 0.25) is 0 Å². The van der Waals surface area contributed by atoms with Gasteiger partial charge in [-0.1, -0.05) is 0 Å². The van der Waals surface area contributed by atoms with Gasteiger partial charge in [0.2, 0.25) is 0 Å². The third-order valence-electron chi connectivity index (χ3n) is 2.36. The predicted octanol–water partition coefficient (Wildman–Crippen LogP) is 0.0675. The molecule has 0 radical (unpaired) electrons. The molecule has 118 valence electrons. The topological polar surface area (TPSA) is 122 Å². The number of carboxylic acids is 2. The summed E-state index contributed by atoms with van der Waals surface area (Å²) in [5.74, 6) is -2.48. The molecule has 2 atom stereocenters. The Morgan fingerprint density at radius 1 is 1.00 bits per heavy atom. The van der Waals surface area contributed by atoms with Crippen LogP contribution in [0.25, 0.3) is 0 Å². The zero-order valence-electron chi connectivity index (χ0n) is 11.6. The Hall–Kier alpha value is -0.130. The summed E-state index contributed by atoms with van der Waals surface area (Å²) in [7, 11) is 0. The van der Waals surface area contributed by atoms with E-state index in [1.54, 1.807) is 0 Å². The Labute approximate surface area is 132 Å². The molecule has 4 N–H and O–H groups in total. The second kappa shape index (κ2) is 7.23. The Kier molecular flexibility index (Phi) is 7.18. The molecule has 0 heterocycles. The molecule has 0 saturated heterocycles. The highest BCUT2D eigenvalue weighted by Gasteiger charge is 2.40. The molecule has 0 amide bonds. The summed E-state index contributed by atoms with van der Waals surface area (Å²) in [6, 6.07) is -2.45. The summed E-state index contributed by atoms with van der Waals surface area (Å²) in [5, 5.41) is 18.1. The van der Waals surface area contributed by atoms with E-state index in [4.69, 9.17) is 10.2 Å². The molecule has 0 aliphatic heterocycles. The second-order valence-corrected chi connectivity index (χ2v) is 8.67. The molecule has 0 aliphatic carbocycles. The van der Waals surface area contributed by atoms with Gasteiger partial charge in [-0.2, -0.15) is 25.3 Å². The first kappa shape index (κ1) is 19.9. The van der Waals surface area contributed by atoms with Crippen molar-refractivity contribution in [2.24, 2.45) is 0 Å². The number of hydrogen-bond donors (Lipinski definition) is 6. The lowest BCUT2D eigenvalue weighted by molar-refractivity contribution is -0.140. The molecule has 0 bridgehead atoms. The summed E-state index contributed by atoms with van der Waals surface area (Å²) in [5.41, 5.74) is 0. The van der Waals surface area contributed by atoms with Gasteiger partial charge in [0, 0.05) is 9.49 Å². The third kappa shape index (κ3) is 6.55. The monoisotopic (exact) mass is 344 g/mol. The maximum atomic E-state index is 11.9. The number of hydrogen-bond acceptors (Lipinski definition) is 7. The van der Waals surface area contributed by atoms with Gasteiger partial charge in [0.15, 0.2) is 12.1 Å². The van der Waals surface area contributed by atoms with Crippen LogP contribution in [0.15, 0.2) is 0 Å². The van der Waals surface area contributed by atoms with Crippen LogP contribution in [0.5, 0.6) is 0 Å². The fourth-order valence-corrected chi connectivity index (χ4v) is 3.05. The van der Waals surface area contributed by atoms with Gasteiger partial charge < -0.3 is 14.8 Å². The molecule has 0 rings (SSSR count). The second-order valence-electron chi connectivity index (χ2n) is 5.35. The first-order chi connectivity index (χ1) is 8.76. The van der Waals surface area contributed by atoms with Crippen molar-refractivity contribution in [2.45, 2.75) is 49.3 Å². The highest BCUT2D eigenvalue weighted by molar-refractivity contribution is 7.87. The van der Waals surface area contributed by atoms with Crippen molar-refractivity contribution in [1.29, 1.82) is 0 Å². The van der Waals surface area contributed by atoms with Crippen LogP contribution >= 0.6 is 25.3 Å². The van der Waals surface area contributed by atoms with E-state index in [2.05, 4.69) is 34.7 Å². The molecule has 7 nitrogen and oxygen atoms in total. The number of nitrogens with one attached hydrogen (secondary N) is 2. The van der Waals surface area contributed by atoms with Crippen LogP contribution in [0, 0.1) is 0 Å². The van der Waals surface area contributed by atoms with E-state index < -0.39 is 45.1 Å². The predicted molar refractivity (Wildman–Crippen MR) is 83.4 cm³/mol. The molecule has 0 unspecified atom stereocenters. The van der Waals surface area contributed by atoms with Crippen molar-refractivity contribution < 1.29 is 24.4 Å². The van der Waals surface area contributed by atoms with Crippen molar-refractivity contribution in [1.82, 2.24) is 9.44 Å². The van der Waals surface area contributed by atoms with Gasteiger partial charge in [0.05, 0.1) is 0 Å². The molecule has 0 aromatic rings. The number of thiol groups is 2. The van der Waals surface area contributed by atoms with Crippen molar-refractivity contribution in [3.8, 4) is 0 Å². The van der Waals surface area contributed by atoms with Crippen LogP contribution in [0.1, 0.15) is 27.7 Å². The van der Waals surface area contributed by atoms with Gasteiger partial charge in [0.1, 0.15) is 11.5 Å². The van der Waals surface area contributed by atoms with E-state index in [1.165, 1.54) is 27.7 Å². The number of carboxylic acid groups (broad SMARTS) is 2. The average molecular weight is 344 g/mol. The van der Waals surface area contributed by atoms with E-state index in [9.17, 15) is 14.1 Å². The minimum absolute atomic E-state index is 0.988. The lowest BCUT2D eigenvalue weighted by Crippen LogP contribution is -2.59. The molecule has 0 aromatic heterocycles. The molecule has 0 aromatic carbocycles. The van der Waals surface area contributed by atoms with Crippen LogP contribution in [-0.4, -0.2) is 48.3 Å². The van der Waals surface area contributed by atoms with E-state index in [1.807, 2.05) is 0 Å². The van der Waals surface area contributed by atoms with E-state index in [-0.39, 0.29) is 0 Å². The standard InChI is InChI=1S/C10H20N2O5S3/c1-9(2,18)5(7(13)14)11-20(17)12-6(8(15)16)10(3,4)19/h5-6,11-12,18-19H,1-4H3,(H,13,14)(H,15,16)/t5-,6-/m1/s1. The van der Waals surface area contributed by atoms with Crippen molar-refractivity contribution in [2.75, 3.05) is 0 Å². The maximum Gasteiger partial charge on any atom is 0.326 e. The summed E-state index contributed by atoms with van der Waals surface area (Å²) < 4.78 is 14.5. The smallest absolute Gasteiger partial charge is 0.326 e. The average Bonchev–Trinajstić information content (AvgIpc) is 2.18. The van der Waals surface area contributed by atoms with Gasteiger partial charge in [0.25, 0.3) is 0 Å². The van der Waals surface area contributed by atoms with Gasteiger partial charge in [-0.3, -0.25) is 9.59 Å². The first-order valence-corrected chi connectivity index (χ1v) is 7.65. The van der Waals surface area contributed by atoms with Crippen LogP contribution < -0.4 is 9.44 Å². The zero-order valence-corrected chi connectivity index (χ0v) is 14.2. The normalized spacial score (nSPS) is 16.0. The molecule has 20 heavy (non-hydrogen) atoms. The van der Waals surface area contributed by atoms with E-state index in [0.29, 0.717) is 0 Å². The van der Waals surface area contributed by atoms with Crippen molar-refractivity contribution >= 4 is 48.7 Å². The fraction of sp³-hybridized carbons (Fsp3) is 0.800. The van der Waals surface area contributed by atoms with Gasteiger partial charge in [-0.15, -0.1) is 9.44 Å². The summed E-state index contributed by atoms with van der Waals surface area (Å²) in [6.07, 6.45) is 0. The minimum Gasteiger partial charge on any atom is -0.579 e. The highest BCUT2D eigenvalue weighted by atomic mass is 32.2. The lowest BCUT2D eigenvalue weighted by Gasteiger charge is -2.30. The van der Waals surface area contributed by atoms with E-state index >= 15 is 0 Å². The Morgan fingerprint density at radius 2 is 1.25 bits per heavy atom. The molecule has 0 fully saturated rings. The Balaban J connectivity index is 4.88. The van der Waals surface area contributed by atoms with Crippen LogP contribution in [0.4, 0.5) is 0 Å². The molecule has 0 saturated carbocycles. The fourth-order valence-electron chi connectivity index (χ4n) is 1.24. The molecule has 0 aliphatic rings. The number of aliphatic carboxylic acids is 2. The van der Waals surface area contributed by atoms with Gasteiger partial charge in [-0.25, -0.2) is 0 Å². The summed E-state index contributed by atoms with van der Waals surface area (Å²) in [4.78, 5) is 22.2. The summed E-state index contributed by atoms with van der Waals surface area (Å²) in [6.45, 7) is 6.15. The highest BCUT2D eigenvalue weighted by Crippen LogP contribution is 2.20. The molecule has 10 heteroatoms. The maximum absolute atomic E-state index is 11.9. The Bertz CT molecular complexity index is 333. The van der Waals surface area contributed by atoms with Crippen LogP contribution in [0.3, 0.4) is 0 Å². The van der Waals surface area contributed by atoms with Crippen molar-refractivity contribution in [3.63, 3.8) is 0 Å². The first-order valence-electron chi connectivity index (χ1n) is 5.61. The van der Waals surface area contributed by atoms with Gasteiger partial charge in [-0.05, 0) is 27.7 Å². The largest absolute Gasteiger partial charge is 0.579 e. The Morgan fingerprint density at radius 3 is 1.40 bits per heavy atom. The quantitative estimate of drug-likeness (QED) is 0.272. The number of rotatable bonds is 8. The molecule has 0 spiro atoms. The minimum atomic E-state index is -2.07. The lowest BCUT2D eigenvalue weighted by atomic mass is 10.1. The SMILES string of the molecule is CC(C)(S)[C@H](N[S+]([O-])N[C@H](C(=O)O)C(C)(C)S)C(=O)O. The molecular weight excluding hydrogens is 324 g/mol. The van der Waals surface area contributed by atoms with E-state index in [0.717, 1.165) is 0 Å². The molecular formula is C10H20N2O5S3. The zero-order chi connectivity index (χ0) is 16.3. The summed E-state index contributed by atoms with van der Waals surface area (Å²) >= 11 is 6.16.